The minimum atomic E-state index is -0.241. The third kappa shape index (κ3) is 4.92. The lowest BCUT2D eigenvalue weighted by Crippen LogP contribution is -2.53. The summed E-state index contributed by atoms with van der Waals surface area (Å²) >= 11 is 0. The van der Waals surface area contributed by atoms with Crippen LogP contribution in [0.5, 0.6) is 0 Å². The number of nitrogens with zero attached hydrogens (tertiary/aromatic N) is 3. The van der Waals surface area contributed by atoms with E-state index in [0.29, 0.717) is 13.0 Å². The van der Waals surface area contributed by atoms with Crippen LogP contribution in [0.3, 0.4) is 0 Å². The molecule has 2 rings (SSSR count). The normalized spacial score (nSPS) is 16.2. The van der Waals surface area contributed by atoms with Gasteiger partial charge in [0, 0.05) is 51.9 Å². The number of hydrogen-bond donors (Lipinski definition) is 2. The second-order valence-corrected chi connectivity index (χ2v) is 6.51. The Labute approximate surface area is 145 Å². The molecule has 6 heteroatoms. The van der Waals surface area contributed by atoms with Crippen molar-refractivity contribution in [2.24, 2.45) is 5.73 Å². The van der Waals surface area contributed by atoms with Gasteiger partial charge in [-0.15, -0.1) is 0 Å². The van der Waals surface area contributed by atoms with Crippen molar-refractivity contribution in [3.8, 4) is 0 Å². The van der Waals surface area contributed by atoms with Crippen LogP contribution in [0.15, 0.2) is 24.4 Å². The molecule has 0 atom stereocenters. The highest BCUT2D eigenvalue weighted by Crippen LogP contribution is 2.14. The molecule has 1 aromatic rings. The monoisotopic (exact) mass is 333 g/mol. The summed E-state index contributed by atoms with van der Waals surface area (Å²) in [5.74, 6) is 1.14. The predicted octanol–water partition coefficient (Wildman–Crippen LogP) is 1.23. The molecule has 1 saturated heterocycles. The molecule has 1 aliphatic rings. The maximum Gasteiger partial charge on any atom is 0.221 e. The van der Waals surface area contributed by atoms with Gasteiger partial charge in [-0.3, -0.25) is 9.69 Å². The van der Waals surface area contributed by atoms with Gasteiger partial charge in [-0.2, -0.15) is 0 Å². The zero-order chi connectivity index (χ0) is 17.4. The summed E-state index contributed by atoms with van der Waals surface area (Å²) in [6, 6.07) is 6.00. The number of carbonyl (C=O) groups excluding carboxylic acids is 1. The number of nitrogens with one attached hydrogen (secondary N) is 1. The topological polar surface area (TPSA) is 74.5 Å². The maximum absolute atomic E-state index is 12.3. The van der Waals surface area contributed by atoms with Crippen LogP contribution in [0.2, 0.25) is 0 Å². The summed E-state index contributed by atoms with van der Waals surface area (Å²) in [4.78, 5) is 21.3. The molecule has 2 heterocycles. The third-order valence-corrected chi connectivity index (χ3v) is 5.15. The predicted molar refractivity (Wildman–Crippen MR) is 98.0 cm³/mol. The summed E-state index contributed by atoms with van der Waals surface area (Å²) in [6.45, 7) is 9.29. The van der Waals surface area contributed by atoms with Crippen molar-refractivity contribution in [3.05, 3.63) is 24.4 Å². The minimum Gasteiger partial charge on any atom is -0.354 e. The lowest BCUT2D eigenvalue weighted by molar-refractivity contribution is -0.123. The van der Waals surface area contributed by atoms with Gasteiger partial charge in [-0.05, 0) is 25.0 Å². The fourth-order valence-electron chi connectivity index (χ4n) is 3.13. The van der Waals surface area contributed by atoms with Crippen LogP contribution in [0.1, 0.15) is 33.1 Å². The van der Waals surface area contributed by atoms with Crippen molar-refractivity contribution in [3.63, 3.8) is 0 Å². The molecule has 1 aliphatic heterocycles. The number of amides is 1. The van der Waals surface area contributed by atoms with Gasteiger partial charge in [0.05, 0.1) is 5.54 Å². The van der Waals surface area contributed by atoms with Crippen molar-refractivity contribution in [1.82, 2.24) is 15.2 Å². The number of nitrogens with two attached hydrogens (primary N) is 1. The number of pyridine rings is 1. The highest BCUT2D eigenvalue weighted by atomic mass is 16.1. The average molecular weight is 333 g/mol. The van der Waals surface area contributed by atoms with E-state index in [9.17, 15) is 4.79 Å². The SMILES string of the molecule is CCC(CC)(CN)NC(=O)CCN1CCN(c2ccccn2)CC1. The van der Waals surface area contributed by atoms with Gasteiger partial charge >= 0.3 is 0 Å². The van der Waals surface area contributed by atoms with Crippen LogP contribution in [0, 0.1) is 0 Å². The molecule has 1 fully saturated rings. The number of rotatable bonds is 8. The van der Waals surface area contributed by atoms with Crippen LogP contribution in [-0.2, 0) is 4.79 Å². The first kappa shape index (κ1) is 18.7. The van der Waals surface area contributed by atoms with Gasteiger partial charge in [0.25, 0.3) is 0 Å². The molecule has 0 unspecified atom stereocenters. The van der Waals surface area contributed by atoms with Crippen molar-refractivity contribution in [2.45, 2.75) is 38.6 Å². The third-order valence-electron chi connectivity index (χ3n) is 5.15. The van der Waals surface area contributed by atoms with Crippen molar-refractivity contribution >= 4 is 11.7 Å². The van der Waals surface area contributed by atoms with Gasteiger partial charge < -0.3 is 16.0 Å². The van der Waals surface area contributed by atoms with Crippen LogP contribution >= 0.6 is 0 Å². The first-order chi connectivity index (χ1) is 11.6. The van der Waals surface area contributed by atoms with E-state index < -0.39 is 0 Å². The average Bonchev–Trinajstić information content (AvgIpc) is 2.66. The van der Waals surface area contributed by atoms with Crippen LogP contribution in [0.4, 0.5) is 5.82 Å². The minimum absolute atomic E-state index is 0.108. The first-order valence-electron chi connectivity index (χ1n) is 9.02. The van der Waals surface area contributed by atoms with Crippen molar-refractivity contribution < 1.29 is 4.79 Å². The molecule has 24 heavy (non-hydrogen) atoms. The summed E-state index contributed by atoms with van der Waals surface area (Å²) in [5.41, 5.74) is 5.61. The van der Waals surface area contributed by atoms with Crippen molar-refractivity contribution in [2.75, 3.05) is 44.2 Å². The molecular formula is C18H31N5O. The van der Waals surface area contributed by atoms with Gasteiger partial charge in [-0.25, -0.2) is 4.98 Å². The Morgan fingerprint density at radius 2 is 1.96 bits per heavy atom. The lowest BCUT2D eigenvalue weighted by atomic mass is 9.93. The second kappa shape index (κ2) is 8.99. The van der Waals surface area contributed by atoms with Gasteiger partial charge in [0.2, 0.25) is 5.91 Å². The Morgan fingerprint density at radius 1 is 1.25 bits per heavy atom. The largest absolute Gasteiger partial charge is 0.354 e. The smallest absolute Gasteiger partial charge is 0.221 e. The first-order valence-corrected chi connectivity index (χ1v) is 9.02. The van der Waals surface area contributed by atoms with E-state index in [2.05, 4.69) is 33.9 Å². The Bertz CT molecular complexity index is 487. The van der Waals surface area contributed by atoms with Gasteiger partial charge in [-0.1, -0.05) is 19.9 Å². The van der Waals surface area contributed by atoms with Crippen LogP contribution < -0.4 is 16.0 Å². The molecule has 1 aromatic heterocycles. The Morgan fingerprint density at radius 3 is 2.50 bits per heavy atom. The van der Waals surface area contributed by atoms with Crippen LogP contribution in [0.25, 0.3) is 0 Å². The van der Waals surface area contributed by atoms with Crippen molar-refractivity contribution in [1.29, 1.82) is 0 Å². The lowest BCUT2D eigenvalue weighted by Gasteiger charge is -2.36. The standard InChI is InChI=1S/C18H31N5O/c1-3-18(4-2,15-19)21-17(24)8-10-22-11-13-23(14-12-22)16-7-5-6-9-20-16/h5-7,9H,3-4,8,10-15,19H2,1-2H3,(H,21,24). The highest BCUT2D eigenvalue weighted by molar-refractivity contribution is 5.77. The quantitative estimate of drug-likeness (QED) is 0.748. The molecule has 0 spiro atoms. The number of piperazine rings is 1. The molecular weight excluding hydrogens is 302 g/mol. The summed E-state index contributed by atoms with van der Waals surface area (Å²) < 4.78 is 0. The molecule has 1 amide bonds. The molecule has 0 aliphatic carbocycles. The van der Waals surface area contributed by atoms with Gasteiger partial charge in [0.1, 0.15) is 5.82 Å². The molecule has 0 bridgehead atoms. The van der Waals surface area contributed by atoms with E-state index in [1.807, 2.05) is 24.4 Å². The molecule has 0 saturated carbocycles. The number of hydrogen-bond acceptors (Lipinski definition) is 5. The van der Waals surface area contributed by atoms with E-state index in [1.54, 1.807) is 0 Å². The fraction of sp³-hybridized carbons (Fsp3) is 0.667. The molecule has 3 N–H and O–H groups in total. The van der Waals surface area contributed by atoms with Gasteiger partial charge in [0.15, 0.2) is 0 Å². The summed E-state index contributed by atoms with van der Waals surface area (Å²) in [5, 5.41) is 3.14. The highest BCUT2D eigenvalue weighted by Gasteiger charge is 2.26. The summed E-state index contributed by atoms with van der Waals surface area (Å²) in [7, 11) is 0. The Balaban J connectivity index is 1.73. The number of carbonyl (C=O) groups is 1. The molecule has 134 valence electrons. The molecule has 0 radical (unpaired) electrons. The van der Waals surface area contributed by atoms with E-state index >= 15 is 0 Å². The van der Waals surface area contributed by atoms with E-state index in [4.69, 9.17) is 5.73 Å². The van der Waals surface area contributed by atoms with E-state index in [-0.39, 0.29) is 11.4 Å². The van der Waals surface area contributed by atoms with E-state index in [0.717, 1.165) is 51.4 Å². The van der Waals surface area contributed by atoms with Crippen LogP contribution in [-0.4, -0.2) is 60.6 Å². The van der Waals surface area contributed by atoms with E-state index in [1.165, 1.54) is 0 Å². The number of aromatic nitrogens is 1. The zero-order valence-electron chi connectivity index (χ0n) is 15.0. The Hall–Kier alpha value is -1.66. The number of anilines is 1. The maximum atomic E-state index is 12.3. The zero-order valence-corrected chi connectivity index (χ0v) is 15.0. The summed E-state index contributed by atoms with van der Waals surface area (Å²) in [6.07, 6.45) is 4.10. The Kier molecular flexibility index (Phi) is 6.99. The second-order valence-electron chi connectivity index (χ2n) is 6.51. The fourth-order valence-corrected chi connectivity index (χ4v) is 3.13. The molecule has 6 nitrogen and oxygen atoms in total. The molecule has 0 aromatic carbocycles.